The van der Waals surface area contributed by atoms with E-state index < -0.39 is 0 Å². The lowest BCUT2D eigenvalue weighted by molar-refractivity contribution is 0.530. The highest BCUT2D eigenvalue weighted by Gasteiger charge is 2.31. The molecule has 1 N–H and O–H groups in total. The summed E-state index contributed by atoms with van der Waals surface area (Å²) in [5.41, 5.74) is 2.56. The zero-order valence-corrected chi connectivity index (χ0v) is 12.5. The van der Waals surface area contributed by atoms with Crippen LogP contribution >= 0.6 is 0 Å². The van der Waals surface area contributed by atoms with Gasteiger partial charge in [0.05, 0.1) is 11.1 Å². The molecule has 1 aromatic carbocycles. The van der Waals surface area contributed by atoms with Crippen LogP contribution in [0.4, 0.5) is 0 Å². The van der Waals surface area contributed by atoms with Crippen molar-refractivity contribution in [3.63, 3.8) is 0 Å². The molecular weight excluding hydrogens is 272 g/mol. The van der Waals surface area contributed by atoms with Crippen LogP contribution in [0.3, 0.4) is 0 Å². The van der Waals surface area contributed by atoms with Crippen LogP contribution in [0.25, 0.3) is 0 Å². The molecule has 0 aliphatic heterocycles. The number of pyridine rings is 2. The number of hydrogen-bond acceptors (Lipinski definition) is 2. The van der Waals surface area contributed by atoms with Crippen molar-refractivity contribution in [1.29, 1.82) is 0 Å². The monoisotopic (exact) mass is 290 g/mol. The van der Waals surface area contributed by atoms with Crippen molar-refractivity contribution in [1.82, 2.24) is 9.97 Å². The average Bonchev–Trinajstić information content (AvgIpc) is 2.56. The second-order valence-corrected chi connectivity index (χ2v) is 5.64. The minimum atomic E-state index is -0.386. The van der Waals surface area contributed by atoms with Crippen molar-refractivity contribution in [2.75, 3.05) is 0 Å². The van der Waals surface area contributed by atoms with E-state index >= 15 is 0 Å². The van der Waals surface area contributed by atoms with Crippen molar-refractivity contribution in [2.24, 2.45) is 0 Å². The fourth-order valence-corrected chi connectivity index (χ4v) is 2.79. The van der Waals surface area contributed by atoms with Crippen LogP contribution in [0.15, 0.2) is 77.7 Å². The third-order valence-corrected chi connectivity index (χ3v) is 3.99. The molecule has 0 aliphatic rings. The van der Waals surface area contributed by atoms with E-state index in [0.717, 1.165) is 17.8 Å². The summed E-state index contributed by atoms with van der Waals surface area (Å²) in [5, 5.41) is 0. The molecule has 0 fully saturated rings. The summed E-state index contributed by atoms with van der Waals surface area (Å²) in [6.07, 6.45) is 2.56. The minimum Gasteiger partial charge on any atom is -0.325 e. The average molecular weight is 290 g/mol. The zero-order chi connectivity index (χ0) is 15.4. The van der Waals surface area contributed by atoms with E-state index in [-0.39, 0.29) is 11.0 Å². The number of nitrogens with zero attached hydrogens (tertiary/aromatic N) is 1. The summed E-state index contributed by atoms with van der Waals surface area (Å²) in [7, 11) is 0. The van der Waals surface area contributed by atoms with Crippen LogP contribution in [-0.4, -0.2) is 9.97 Å². The lowest BCUT2D eigenvalue weighted by Gasteiger charge is -2.29. The van der Waals surface area contributed by atoms with Crippen LogP contribution in [0.2, 0.25) is 0 Å². The SMILES string of the molecule is CC(Cc1ccccc1)(c1ccccn1)c1cccc(=O)[nH]1. The Labute approximate surface area is 129 Å². The standard InChI is InChI=1S/C19H18N2O/c1-19(16-10-5-6-13-20-16,14-15-8-3-2-4-9-15)17-11-7-12-18(22)21-17/h2-13H,14H2,1H3,(H,21,22). The van der Waals surface area contributed by atoms with Crippen LogP contribution < -0.4 is 5.56 Å². The van der Waals surface area contributed by atoms with E-state index in [4.69, 9.17) is 0 Å². The van der Waals surface area contributed by atoms with Crippen LogP contribution in [0.1, 0.15) is 23.9 Å². The number of H-pyrrole nitrogens is 1. The quantitative estimate of drug-likeness (QED) is 0.801. The number of benzene rings is 1. The van der Waals surface area contributed by atoms with Gasteiger partial charge in [0, 0.05) is 18.0 Å². The van der Waals surface area contributed by atoms with Gasteiger partial charge in [0.2, 0.25) is 5.56 Å². The van der Waals surface area contributed by atoms with E-state index in [0.29, 0.717) is 0 Å². The summed E-state index contributed by atoms with van der Waals surface area (Å²) < 4.78 is 0. The molecular formula is C19H18N2O. The van der Waals surface area contributed by atoms with Gasteiger partial charge in [-0.3, -0.25) is 9.78 Å². The third-order valence-electron chi connectivity index (χ3n) is 3.99. The molecule has 3 heteroatoms. The first-order valence-corrected chi connectivity index (χ1v) is 7.34. The number of nitrogens with one attached hydrogen (secondary N) is 1. The van der Waals surface area contributed by atoms with Crippen LogP contribution in [-0.2, 0) is 11.8 Å². The minimum absolute atomic E-state index is 0.0901. The highest BCUT2D eigenvalue weighted by Crippen LogP contribution is 2.32. The van der Waals surface area contributed by atoms with Gasteiger partial charge in [-0.2, -0.15) is 0 Å². The maximum Gasteiger partial charge on any atom is 0.248 e. The Morgan fingerprint density at radius 2 is 1.73 bits per heavy atom. The molecule has 3 aromatic rings. The molecule has 3 nitrogen and oxygen atoms in total. The largest absolute Gasteiger partial charge is 0.325 e. The third kappa shape index (κ3) is 2.84. The van der Waals surface area contributed by atoms with E-state index in [1.165, 1.54) is 11.6 Å². The highest BCUT2D eigenvalue weighted by molar-refractivity contribution is 5.33. The second-order valence-electron chi connectivity index (χ2n) is 5.64. The number of rotatable bonds is 4. The van der Waals surface area contributed by atoms with Crippen molar-refractivity contribution in [2.45, 2.75) is 18.8 Å². The zero-order valence-electron chi connectivity index (χ0n) is 12.5. The Bertz CT molecular complexity index is 796. The molecule has 1 atom stereocenters. The molecule has 2 aromatic heterocycles. The summed E-state index contributed by atoms with van der Waals surface area (Å²) in [6, 6.07) is 21.4. The highest BCUT2D eigenvalue weighted by atomic mass is 16.1. The van der Waals surface area contributed by atoms with Crippen molar-refractivity contribution in [3.05, 3.63) is 100 Å². The first-order chi connectivity index (χ1) is 10.7. The predicted octanol–water partition coefficient (Wildman–Crippen LogP) is 3.32. The molecule has 0 radical (unpaired) electrons. The Hall–Kier alpha value is -2.68. The van der Waals surface area contributed by atoms with E-state index in [1.807, 2.05) is 42.5 Å². The van der Waals surface area contributed by atoms with Gasteiger partial charge in [-0.1, -0.05) is 42.5 Å². The van der Waals surface area contributed by atoms with Gasteiger partial charge in [-0.05, 0) is 37.1 Å². The molecule has 22 heavy (non-hydrogen) atoms. The normalized spacial score (nSPS) is 13.5. The van der Waals surface area contributed by atoms with Crippen LogP contribution in [0, 0.1) is 0 Å². The first kappa shape index (κ1) is 14.3. The molecule has 0 aliphatic carbocycles. The van der Waals surface area contributed by atoms with Gasteiger partial charge in [0.1, 0.15) is 0 Å². The van der Waals surface area contributed by atoms with Gasteiger partial charge < -0.3 is 4.98 Å². The second kappa shape index (κ2) is 5.98. The summed E-state index contributed by atoms with van der Waals surface area (Å²) >= 11 is 0. The van der Waals surface area contributed by atoms with E-state index in [9.17, 15) is 4.79 Å². The van der Waals surface area contributed by atoms with E-state index in [2.05, 4.69) is 29.0 Å². The van der Waals surface area contributed by atoms with Gasteiger partial charge >= 0.3 is 0 Å². The van der Waals surface area contributed by atoms with Crippen molar-refractivity contribution >= 4 is 0 Å². The number of hydrogen-bond donors (Lipinski definition) is 1. The molecule has 0 bridgehead atoms. The van der Waals surface area contributed by atoms with Gasteiger partial charge in [-0.25, -0.2) is 0 Å². The maximum atomic E-state index is 11.7. The molecule has 2 heterocycles. The summed E-state index contributed by atoms with van der Waals surface area (Å²) in [5.74, 6) is 0. The smallest absolute Gasteiger partial charge is 0.248 e. The Morgan fingerprint density at radius 1 is 0.955 bits per heavy atom. The Kier molecular flexibility index (Phi) is 3.88. The van der Waals surface area contributed by atoms with Gasteiger partial charge in [-0.15, -0.1) is 0 Å². The lowest BCUT2D eigenvalue weighted by Crippen LogP contribution is -2.30. The first-order valence-electron chi connectivity index (χ1n) is 7.34. The molecule has 0 saturated carbocycles. The Morgan fingerprint density at radius 3 is 2.41 bits per heavy atom. The molecule has 0 amide bonds. The molecule has 0 saturated heterocycles. The summed E-state index contributed by atoms with van der Waals surface area (Å²) in [6.45, 7) is 2.12. The lowest BCUT2D eigenvalue weighted by atomic mass is 9.77. The fraction of sp³-hybridized carbons (Fsp3) is 0.158. The predicted molar refractivity (Wildman–Crippen MR) is 87.9 cm³/mol. The topological polar surface area (TPSA) is 45.8 Å². The number of aromatic nitrogens is 2. The van der Waals surface area contributed by atoms with Gasteiger partial charge in [0.25, 0.3) is 0 Å². The maximum absolute atomic E-state index is 11.7. The summed E-state index contributed by atoms with van der Waals surface area (Å²) in [4.78, 5) is 19.2. The number of aromatic amines is 1. The van der Waals surface area contributed by atoms with Crippen molar-refractivity contribution < 1.29 is 0 Å². The molecule has 1 unspecified atom stereocenters. The molecule has 110 valence electrons. The van der Waals surface area contributed by atoms with Crippen LogP contribution in [0.5, 0.6) is 0 Å². The van der Waals surface area contributed by atoms with E-state index in [1.54, 1.807) is 12.3 Å². The molecule has 3 rings (SSSR count). The fourth-order valence-electron chi connectivity index (χ4n) is 2.79. The van der Waals surface area contributed by atoms with Crippen molar-refractivity contribution in [3.8, 4) is 0 Å². The Balaban J connectivity index is 2.12. The van der Waals surface area contributed by atoms with Gasteiger partial charge in [0.15, 0.2) is 0 Å². The molecule has 0 spiro atoms.